The van der Waals surface area contributed by atoms with Gasteiger partial charge in [-0.05, 0) is 12.1 Å². The van der Waals surface area contributed by atoms with Crippen LogP contribution >= 0.6 is 31.0 Å². The highest BCUT2D eigenvalue weighted by molar-refractivity contribution is 7.61. The first-order chi connectivity index (χ1) is 11.6. The van der Waals surface area contributed by atoms with Gasteiger partial charge >= 0.3 is 0 Å². The summed E-state index contributed by atoms with van der Waals surface area (Å²) in [4.78, 5) is 12.9. The molecule has 24 heavy (non-hydrogen) atoms. The molecule has 0 aliphatic carbocycles. The number of halogens is 2. The van der Waals surface area contributed by atoms with Crippen molar-refractivity contribution in [1.29, 1.82) is 0 Å². The fourth-order valence-corrected chi connectivity index (χ4v) is 4.33. The van der Waals surface area contributed by atoms with Crippen molar-refractivity contribution in [1.82, 2.24) is 0 Å². The number of carbonyl (C=O) groups excluding carboxylic acids is 1. The number of ketones is 1. The summed E-state index contributed by atoms with van der Waals surface area (Å²) < 4.78 is 12.9. The zero-order valence-electron chi connectivity index (χ0n) is 12.5. The number of carbonyl (C=O) groups is 1. The van der Waals surface area contributed by atoms with Crippen LogP contribution < -0.4 is 10.6 Å². The number of hydrogen-bond donors (Lipinski definition) is 0. The summed E-state index contributed by atoms with van der Waals surface area (Å²) in [6.45, 7) is 0. The molecule has 2 nitrogen and oxygen atoms in total. The van der Waals surface area contributed by atoms with E-state index < -0.39 is 7.80 Å². The summed E-state index contributed by atoms with van der Waals surface area (Å²) >= 11 is 12.2. The van der Waals surface area contributed by atoms with Crippen LogP contribution in [0.2, 0.25) is 10.0 Å². The van der Waals surface area contributed by atoms with Crippen molar-refractivity contribution in [2.45, 2.75) is 0 Å². The molecule has 3 aromatic carbocycles. The van der Waals surface area contributed by atoms with Gasteiger partial charge in [0.25, 0.3) is 0 Å². The second-order valence-corrected chi connectivity index (χ2v) is 7.73. The Kier molecular flexibility index (Phi) is 5.20. The lowest BCUT2D eigenvalue weighted by molar-refractivity contribution is 0.104. The Bertz CT molecular complexity index is 924. The maximum atomic E-state index is 12.9. The van der Waals surface area contributed by atoms with E-state index in [9.17, 15) is 9.36 Å². The minimum Gasteiger partial charge on any atom is -0.317 e. The van der Waals surface area contributed by atoms with E-state index >= 15 is 0 Å². The van der Waals surface area contributed by atoms with Gasteiger partial charge < -0.3 is 4.57 Å². The molecular weight excluding hydrogens is 362 g/mol. The van der Waals surface area contributed by atoms with E-state index in [0.29, 0.717) is 26.8 Å². The molecule has 0 heterocycles. The van der Waals surface area contributed by atoms with Crippen molar-refractivity contribution in [3.8, 4) is 0 Å². The highest BCUT2D eigenvalue weighted by Crippen LogP contribution is 2.29. The Balaban J connectivity index is 2.08. The van der Waals surface area contributed by atoms with Crippen molar-refractivity contribution in [2.75, 3.05) is 0 Å². The summed E-state index contributed by atoms with van der Waals surface area (Å²) in [6, 6.07) is 20.9. The van der Waals surface area contributed by atoms with Crippen molar-refractivity contribution in [3.05, 3.63) is 94.0 Å². The fraction of sp³-hybridized carbons (Fsp3) is 0. The fourth-order valence-electron chi connectivity index (χ4n) is 2.45. The van der Waals surface area contributed by atoms with Crippen LogP contribution in [0.15, 0.2) is 72.8 Å². The van der Waals surface area contributed by atoms with Gasteiger partial charge in [0.05, 0.1) is 10.0 Å². The van der Waals surface area contributed by atoms with Crippen molar-refractivity contribution in [3.63, 3.8) is 0 Å². The molecular formula is C19H13Cl2O2P. The average Bonchev–Trinajstić information content (AvgIpc) is 2.63. The summed E-state index contributed by atoms with van der Waals surface area (Å²) in [5.41, 5.74) is 0.689. The molecule has 1 unspecified atom stereocenters. The summed E-state index contributed by atoms with van der Waals surface area (Å²) in [5, 5.41) is 1.75. The Hall–Kier alpha value is -1.86. The molecule has 0 radical (unpaired) electrons. The monoisotopic (exact) mass is 374 g/mol. The van der Waals surface area contributed by atoms with E-state index in [-0.39, 0.29) is 10.8 Å². The van der Waals surface area contributed by atoms with E-state index in [1.165, 1.54) is 0 Å². The third kappa shape index (κ3) is 3.32. The Morgan fingerprint density at radius 1 is 0.750 bits per heavy atom. The maximum absolute atomic E-state index is 12.9. The van der Waals surface area contributed by atoms with E-state index in [0.717, 1.165) is 0 Å². The number of benzene rings is 3. The van der Waals surface area contributed by atoms with Crippen LogP contribution in [0.1, 0.15) is 15.9 Å². The predicted octanol–water partition coefficient (Wildman–Crippen LogP) is 4.73. The molecule has 0 bridgehead atoms. The van der Waals surface area contributed by atoms with Gasteiger partial charge in [-0.1, -0.05) is 83.9 Å². The van der Waals surface area contributed by atoms with Gasteiger partial charge in [0, 0.05) is 21.7 Å². The predicted molar refractivity (Wildman–Crippen MR) is 101 cm³/mol. The van der Waals surface area contributed by atoms with Crippen molar-refractivity contribution >= 4 is 47.4 Å². The van der Waals surface area contributed by atoms with Crippen LogP contribution in [0.3, 0.4) is 0 Å². The van der Waals surface area contributed by atoms with Crippen LogP contribution in [0.4, 0.5) is 0 Å². The molecule has 1 atom stereocenters. The summed E-state index contributed by atoms with van der Waals surface area (Å²) in [7, 11) is -2.30. The molecule has 0 aliphatic rings. The highest BCUT2D eigenvalue weighted by atomic mass is 35.5. The molecule has 5 heteroatoms. The SMILES string of the molecule is O=C(c1ccccc1[PH](=O)c1ccccc1)c1cccc(Cl)c1Cl. The van der Waals surface area contributed by atoms with Crippen molar-refractivity contribution < 1.29 is 9.36 Å². The average molecular weight is 375 g/mol. The standard InChI is InChI=1S/C19H13Cl2O2P/c20-16-11-6-10-15(18(16)21)19(22)14-9-4-5-12-17(14)24(23)13-7-2-1-3-8-13/h1-12,24H. The van der Waals surface area contributed by atoms with Crippen LogP contribution in [0, 0.1) is 0 Å². The Morgan fingerprint density at radius 2 is 1.38 bits per heavy atom. The van der Waals surface area contributed by atoms with Crippen LogP contribution in [-0.4, -0.2) is 5.78 Å². The van der Waals surface area contributed by atoms with E-state index in [1.54, 1.807) is 54.6 Å². The maximum Gasteiger partial charge on any atom is 0.195 e. The minimum atomic E-state index is -2.30. The van der Waals surface area contributed by atoms with E-state index in [4.69, 9.17) is 23.2 Å². The molecule has 0 amide bonds. The second kappa shape index (κ2) is 7.36. The molecule has 0 N–H and O–H groups in total. The number of rotatable bonds is 4. The molecule has 0 aromatic heterocycles. The molecule has 0 saturated carbocycles. The van der Waals surface area contributed by atoms with Crippen molar-refractivity contribution in [2.24, 2.45) is 0 Å². The van der Waals surface area contributed by atoms with Gasteiger partial charge in [0.2, 0.25) is 0 Å². The normalized spacial score (nSPS) is 11.9. The first kappa shape index (κ1) is 17.0. The van der Waals surface area contributed by atoms with Gasteiger partial charge in [-0.25, -0.2) is 0 Å². The zero-order valence-corrected chi connectivity index (χ0v) is 15.0. The molecule has 3 aromatic rings. The number of hydrogen-bond acceptors (Lipinski definition) is 2. The lowest BCUT2D eigenvalue weighted by Crippen LogP contribution is -2.17. The third-order valence-electron chi connectivity index (χ3n) is 3.65. The minimum absolute atomic E-state index is 0.207. The summed E-state index contributed by atoms with van der Waals surface area (Å²) in [5.74, 6) is -0.285. The molecule has 0 fully saturated rings. The smallest absolute Gasteiger partial charge is 0.195 e. The molecule has 0 spiro atoms. The van der Waals surface area contributed by atoms with Gasteiger partial charge in [0.15, 0.2) is 5.78 Å². The highest BCUT2D eigenvalue weighted by Gasteiger charge is 2.20. The molecule has 120 valence electrons. The third-order valence-corrected chi connectivity index (χ3v) is 6.25. The van der Waals surface area contributed by atoms with Crippen LogP contribution in [0.5, 0.6) is 0 Å². The molecule has 3 rings (SSSR count). The topological polar surface area (TPSA) is 34.1 Å². The second-order valence-electron chi connectivity index (χ2n) is 5.17. The largest absolute Gasteiger partial charge is 0.317 e. The Morgan fingerprint density at radius 3 is 2.12 bits per heavy atom. The van der Waals surface area contributed by atoms with Gasteiger partial charge in [0.1, 0.15) is 7.80 Å². The quantitative estimate of drug-likeness (QED) is 0.488. The Labute approximate surface area is 150 Å². The summed E-state index contributed by atoms with van der Waals surface area (Å²) in [6.07, 6.45) is 0. The van der Waals surface area contributed by atoms with Crippen LogP contribution in [-0.2, 0) is 4.57 Å². The molecule has 0 aliphatic heterocycles. The van der Waals surface area contributed by atoms with Crippen LogP contribution in [0.25, 0.3) is 0 Å². The lowest BCUT2D eigenvalue weighted by atomic mass is 10.0. The van der Waals surface area contributed by atoms with E-state index in [1.807, 2.05) is 18.2 Å². The van der Waals surface area contributed by atoms with Gasteiger partial charge in [-0.2, -0.15) is 0 Å². The lowest BCUT2D eigenvalue weighted by Gasteiger charge is -2.10. The van der Waals surface area contributed by atoms with Gasteiger partial charge in [-0.15, -0.1) is 0 Å². The zero-order chi connectivity index (χ0) is 17.1. The molecule has 0 saturated heterocycles. The first-order valence-corrected chi connectivity index (χ1v) is 9.43. The first-order valence-electron chi connectivity index (χ1n) is 7.27. The van der Waals surface area contributed by atoms with E-state index in [2.05, 4.69) is 0 Å². The van der Waals surface area contributed by atoms with Gasteiger partial charge in [-0.3, -0.25) is 4.79 Å².